The number of nitrogens with zero attached hydrogens (tertiary/aromatic N) is 3. The first-order chi connectivity index (χ1) is 11.2. The summed E-state index contributed by atoms with van der Waals surface area (Å²) in [5, 5.41) is 7.73. The number of halogens is 3. The van der Waals surface area contributed by atoms with Crippen molar-refractivity contribution >= 4 is 0 Å². The van der Waals surface area contributed by atoms with Crippen molar-refractivity contribution in [1.82, 2.24) is 20.0 Å². The summed E-state index contributed by atoms with van der Waals surface area (Å²) in [5.74, 6) is 0. The van der Waals surface area contributed by atoms with Gasteiger partial charge in [-0.05, 0) is 47.0 Å². The first kappa shape index (κ1) is 17.7. The molecule has 1 aromatic heterocycles. The molecule has 4 nitrogen and oxygen atoms in total. The van der Waals surface area contributed by atoms with E-state index in [-0.39, 0.29) is 6.04 Å². The first-order valence-corrected chi connectivity index (χ1v) is 8.78. The van der Waals surface area contributed by atoms with E-state index in [1.807, 2.05) is 6.92 Å². The molecule has 0 aromatic carbocycles. The Hall–Kier alpha value is -1.08. The van der Waals surface area contributed by atoms with Gasteiger partial charge in [0, 0.05) is 42.0 Å². The highest BCUT2D eigenvalue weighted by molar-refractivity contribution is 5.28. The molecule has 1 aliphatic carbocycles. The van der Waals surface area contributed by atoms with Gasteiger partial charge in [0.2, 0.25) is 0 Å². The Bertz CT molecular complexity index is 591. The molecule has 0 amide bonds. The lowest BCUT2D eigenvalue weighted by molar-refractivity contribution is -0.142. The summed E-state index contributed by atoms with van der Waals surface area (Å²) in [5.41, 5.74) is 2.19. The fraction of sp³-hybridized carbons (Fsp3) is 0.824. The van der Waals surface area contributed by atoms with E-state index in [4.69, 9.17) is 0 Å². The van der Waals surface area contributed by atoms with Crippen molar-refractivity contribution in [1.29, 1.82) is 0 Å². The highest BCUT2D eigenvalue weighted by Gasteiger charge is 2.39. The molecule has 136 valence electrons. The van der Waals surface area contributed by atoms with Crippen LogP contribution in [-0.4, -0.2) is 45.5 Å². The van der Waals surface area contributed by atoms with Crippen LogP contribution in [0.3, 0.4) is 0 Å². The number of hydrogen-bond acceptors (Lipinski definition) is 3. The zero-order valence-corrected chi connectivity index (χ0v) is 14.8. The average molecular weight is 344 g/mol. The summed E-state index contributed by atoms with van der Waals surface area (Å²) in [6.45, 7) is 7.82. The van der Waals surface area contributed by atoms with Gasteiger partial charge in [0.05, 0.1) is 5.69 Å². The van der Waals surface area contributed by atoms with Gasteiger partial charge in [0.1, 0.15) is 6.54 Å². The maximum absolute atomic E-state index is 12.7. The molecule has 24 heavy (non-hydrogen) atoms. The summed E-state index contributed by atoms with van der Waals surface area (Å²) in [4.78, 5) is 2.57. The van der Waals surface area contributed by atoms with E-state index < -0.39 is 12.7 Å². The van der Waals surface area contributed by atoms with E-state index in [0.717, 1.165) is 29.3 Å². The molecule has 1 aromatic rings. The van der Waals surface area contributed by atoms with E-state index in [1.54, 1.807) is 13.8 Å². The van der Waals surface area contributed by atoms with Crippen molar-refractivity contribution in [3.05, 3.63) is 17.0 Å². The number of nitrogens with one attached hydrogen (secondary N) is 1. The second-order valence-corrected chi connectivity index (χ2v) is 7.46. The largest absolute Gasteiger partial charge is 0.408 e. The standard InChI is InChI=1S/C17H27F3N4/c1-10-7-14(8-23(10)15-5-6-15)21-11(2)16-12(3)22-24(13(16)4)9-17(18,19)20/h10-11,14-15,21H,5-9H2,1-4H3/t10-,11+,14-/m1/s1. The molecule has 3 atom stereocenters. The minimum Gasteiger partial charge on any atom is -0.306 e. The SMILES string of the molecule is Cc1nn(CC(F)(F)F)c(C)c1[C@H](C)N[C@@H]1C[C@@H](C)N(C2CC2)C1. The Morgan fingerprint density at radius 2 is 1.96 bits per heavy atom. The van der Waals surface area contributed by atoms with Gasteiger partial charge in [0.25, 0.3) is 0 Å². The van der Waals surface area contributed by atoms with Gasteiger partial charge < -0.3 is 5.32 Å². The maximum atomic E-state index is 12.7. The van der Waals surface area contributed by atoms with Gasteiger partial charge >= 0.3 is 6.18 Å². The van der Waals surface area contributed by atoms with Crippen LogP contribution in [0, 0.1) is 13.8 Å². The van der Waals surface area contributed by atoms with Crippen LogP contribution in [0.1, 0.15) is 56.1 Å². The molecule has 1 saturated carbocycles. The minimum atomic E-state index is -4.25. The van der Waals surface area contributed by atoms with Crippen LogP contribution in [-0.2, 0) is 6.54 Å². The van der Waals surface area contributed by atoms with E-state index in [0.29, 0.717) is 23.5 Å². The predicted octanol–water partition coefficient (Wildman–Crippen LogP) is 3.34. The molecular weight excluding hydrogens is 317 g/mol. The van der Waals surface area contributed by atoms with Crippen LogP contribution in [0.2, 0.25) is 0 Å². The maximum Gasteiger partial charge on any atom is 0.408 e. The topological polar surface area (TPSA) is 33.1 Å². The van der Waals surface area contributed by atoms with Crippen molar-refractivity contribution in [3.63, 3.8) is 0 Å². The number of hydrogen-bond donors (Lipinski definition) is 1. The molecule has 2 heterocycles. The summed E-state index contributed by atoms with van der Waals surface area (Å²) >= 11 is 0. The van der Waals surface area contributed by atoms with Crippen LogP contribution in [0.15, 0.2) is 0 Å². The van der Waals surface area contributed by atoms with Gasteiger partial charge in [-0.3, -0.25) is 9.58 Å². The van der Waals surface area contributed by atoms with Crippen LogP contribution in [0.5, 0.6) is 0 Å². The first-order valence-electron chi connectivity index (χ1n) is 8.78. The Labute approximate surface area is 141 Å². The third-order valence-electron chi connectivity index (χ3n) is 5.32. The van der Waals surface area contributed by atoms with Gasteiger partial charge in [-0.15, -0.1) is 0 Å². The Balaban J connectivity index is 1.68. The van der Waals surface area contributed by atoms with Gasteiger partial charge in [-0.25, -0.2) is 0 Å². The molecule has 1 aliphatic heterocycles. The number of alkyl halides is 3. The van der Waals surface area contributed by atoms with Crippen LogP contribution in [0.4, 0.5) is 13.2 Å². The number of rotatable bonds is 5. The van der Waals surface area contributed by atoms with Crippen LogP contribution < -0.4 is 5.32 Å². The highest BCUT2D eigenvalue weighted by Crippen LogP contribution is 2.34. The predicted molar refractivity (Wildman–Crippen MR) is 86.9 cm³/mol. The molecule has 3 rings (SSSR count). The number of aromatic nitrogens is 2. The molecule has 0 radical (unpaired) electrons. The molecule has 2 fully saturated rings. The summed E-state index contributed by atoms with van der Waals surface area (Å²) in [6.07, 6.45) is -0.553. The number of aryl methyl sites for hydroxylation is 1. The summed E-state index contributed by atoms with van der Waals surface area (Å²) in [7, 11) is 0. The summed E-state index contributed by atoms with van der Waals surface area (Å²) in [6, 6.07) is 1.72. The van der Waals surface area contributed by atoms with Gasteiger partial charge in [-0.2, -0.15) is 18.3 Å². The molecule has 1 N–H and O–H groups in total. The smallest absolute Gasteiger partial charge is 0.306 e. The van der Waals surface area contributed by atoms with Crippen molar-refractivity contribution in [3.8, 4) is 0 Å². The van der Waals surface area contributed by atoms with Crippen molar-refractivity contribution in [2.45, 2.75) is 83.8 Å². The lowest BCUT2D eigenvalue weighted by Crippen LogP contribution is -2.35. The zero-order chi connectivity index (χ0) is 17.6. The number of likely N-dealkylation sites (tertiary alicyclic amines) is 1. The Morgan fingerprint density at radius 3 is 2.54 bits per heavy atom. The van der Waals surface area contributed by atoms with E-state index in [9.17, 15) is 13.2 Å². The Kier molecular flexibility index (Phi) is 4.68. The van der Waals surface area contributed by atoms with E-state index in [1.165, 1.54) is 12.8 Å². The molecule has 0 spiro atoms. The molecule has 0 bridgehead atoms. The van der Waals surface area contributed by atoms with Crippen molar-refractivity contribution in [2.75, 3.05) is 6.54 Å². The monoisotopic (exact) mass is 344 g/mol. The fourth-order valence-electron chi connectivity index (χ4n) is 4.19. The average Bonchev–Trinajstić information content (AvgIpc) is 3.15. The molecule has 1 saturated heterocycles. The quantitative estimate of drug-likeness (QED) is 0.889. The van der Waals surface area contributed by atoms with E-state index >= 15 is 0 Å². The molecular formula is C17H27F3N4. The minimum absolute atomic E-state index is 0.00309. The third kappa shape index (κ3) is 3.77. The molecule has 0 unspecified atom stereocenters. The Morgan fingerprint density at radius 1 is 1.29 bits per heavy atom. The van der Waals surface area contributed by atoms with Crippen molar-refractivity contribution in [2.24, 2.45) is 0 Å². The van der Waals surface area contributed by atoms with Gasteiger partial charge in [-0.1, -0.05) is 0 Å². The highest BCUT2D eigenvalue weighted by atomic mass is 19.4. The summed E-state index contributed by atoms with van der Waals surface area (Å²) < 4.78 is 39.1. The van der Waals surface area contributed by atoms with E-state index in [2.05, 4.69) is 22.2 Å². The fourth-order valence-corrected chi connectivity index (χ4v) is 4.19. The zero-order valence-electron chi connectivity index (χ0n) is 14.8. The molecule has 2 aliphatic rings. The second kappa shape index (κ2) is 6.33. The molecule has 7 heteroatoms. The lowest BCUT2D eigenvalue weighted by Gasteiger charge is -2.21. The van der Waals surface area contributed by atoms with Crippen LogP contribution in [0.25, 0.3) is 0 Å². The lowest BCUT2D eigenvalue weighted by atomic mass is 10.0. The van der Waals surface area contributed by atoms with Crippen molar-refractivity contribution < 1.29 is 13.2 Å². The second-order valence-electron chi connectivity index (χ2n) is 7.46. The normalized spacial score (nSPS) is 27.0. The third-order valence-corrected chi connectivity index (χ3v) is 5.32. The van der Waals surface area contributed by atoms with Gasteiger partial charge in [0.15, 0.2) is 0 Å². The van der Waals surface area contributed by atoms with Crippen LogP contribution >= 0.6 is 0 Å².